The Kier molecular flexibility index (Phi) is 4.79. The highest BCUT2D eigenvalue weighted by Crippen LogP contribution is 2.17. The molecule has 1 atom stereocenters. The van der Waals surface area contributed by atoms with Crippen LogP contribution in [0.1, 0.15) is 24.2 Å². The molecule has 0 heterocycles. The Morgan fingerprint density at radius 2 is 2.19 bits per heavy atom. The fourth-order valence-electron chi connectivity index (χ4n) is 1.28. The van der Waals surface area contributed by atoms with Crippen LogP contribution in [0.4, 0.5) is 0 Å². The van der Waals surface area contributed by atoms with E-state index < -0.39 is 0 Å². The van der Waals surface area contributed by atoms with Crippen molar-refractivity contribution in [2.45, 2.75) is 19.9 Å². The summed E-state index contributed by atoms with van der Waals surface area (Å²) in [5, 5.41) is 11.5. The molecule has 0 saturated carbocycles. The van der Waals surface area contributed by atoms with Crippen LogP contribution >= 0.6 is 0 Å². The van der Waals surface area contributed by atoms with Crippen molar-refractivity contribution in [1.29, 1.82) is 0 Å². The summed E-state index contributed by atoms with van der Waals surface area (Å²) in [5.41, 5.74) is 0.490. The molecule has 0 spiro atoms. The molecule has 0 saturated heterocycles. The van der Waals surface area contributed by atoms with Gasteiger partial charge in [-0.15, -0.1) is 0 Å². The molecule has 1 aromatic rings. The minimum Gasteiger partial charge on any atom is -0.493 e. The summed E-state index contributed by atoms with van der Waals surface area (Å²) in [4.78, 5) is 11.8. The van der Waals surface area contributed by atoms with Crippen molar-refractivity contribution in [3.8, 4) is 5.75 Å². The van der Waals surface area contributed by atoms with Gasteiger partial charge in [-0.2, -0.15) is 0 Å². The monoisotopic (exact) mass is 223 g/mol. The molecule has 1 rings (SSSR count). The van der Waals surface area contributed by atoms with Crippen LogP contribution in [0.3, 0.4) is 0 Å². The van der Waals surface area contributed by atoms with Gasteiger partial charge in [-0.25, -0.2) is 0 Å². The van der Waals surface area contributed by atoms with E-state index in [9.17, 15) is 4.79 Å². The minimum atomic E-state index is -0.262. The molecule has 0 bridgehead atoms. The predicted octanol–water partition coefficient (Wildman–Crippen LogP) is 1.20. The van der Waals surface area contributed by atoms with Gasteiger partial charge in [0, 0.05) is 6.04 Å². The van der Waals surface area contributed by atoms with Gasteiger partial charge in [0.15, 0.2) is 0 Å². The number of hydrogen-bond donors (Lipinski definition) is 2. The number of carbonyl (C=O) groups excluding carboxylic acids is 1. The van der Waals surface area contributed by atoms with Gasteiger partial charge in [0.2, 0.25) is 0 Å². The number of aliphatic hydroxyl groups is 1. The second kappa shape index (κ2) is 6.12. The van der Waals surface area contributed by atoms with Gasteiger partial charge in [0.25, 0.3) is 5.91 Å². The molecule has 88 valence electrons. The Morgan fingerprint density at radius 3 is 2.81 bits per heavy atom. The molecular formula is C12H17NO3. The van der Waals surface area contributed by atoms with Crippen molar-refractivity contribution in [2.24, 2.45) is 0 Å². The normalized spacial score (nSPS) is 11.9. The standard InChI is InChI=1S/C12H17NO3/c1-3-16-11-7-5-4-6-10(11)12(15)13-9(2)8-14/h4-7,9,14H,3,8H2,1-2H3,(H,13,15)/t9-/m1/s1. The number of nitrogens with one attached hydrogen (secondary N) is 1. The molecule has 1 aromatic carbocycles. The third kappa shape index (κ3) is 3.24. The van der Waals surface area contributed by atoms with Crippen molar-refractivity contribution in [3.05, 3.63) is 29.8 Å². The van der Waals surface area contributed by atoms with E-state index in [4.69, 9.17) is 9.84 Å². The number of benzene rings is 1. The van der Waals surface area contributed by atoms with Crippen molar-refractivity contribution in [3.63, 3.8) is 0 Å². The molecule has 0 aliphatic rings. The highest BCUT2D eigenvalue weighted by molar-refractivity contribution is 5.97. The third-order valence-electron chi connectivity index (χ3n) is 2.08. The summed E-state index contributed by atoms with van der Waals surface area (Å²) in [6.07, 6.45) is 0. The van der Waals surface area contributed by atoms with Gasteiger partial charge >= 0.3 is 0 Å². The van der Waals surface area contributed by atoms with Gasteiger partial charge in [0.05, 0.1) is 18.8 Å². The summed E-state index contributed by atoms with van der Waals surface area (Å²) in [6.45, 7) is 4.04. The highest BCUT2D eigenvalue weighted by atomic mass is 16.5. The van der Waals surface area contributed by atoms with Crippen molar-refractivity contribution in [2.75, 3.05) is 13.2 Å². The molecule has 2 N–H and O–H groups in total. The lowest BCUT2D eigenvalue weighted by Gasteiger charge is -2.13. The molecular weight excluding hydrogens is 206 g/mol. The summed E-state index contributed by atoms with van der Waals surface area (Å²) in [6, 6.07) is 6.78. The average Bonchev–Trinajstić information content (AvgIpc) is 2.30. The van der Waals surface area contributed by atoms with E-state index in [1.165, 1.54) is 0 Å². The van der Waals surface area contributed by atoms with E-state index in [0.717, 1.165) is 0 Å². The average molecular weight is 223 g/mol. The molecule has 0 unspecified atom stereocenters. The number of ether oxygens (including phenoxy) is 1. The van der Waals surface area contributed by atoms with Gasteiger partial charge in [-0.1, -0.05) is 12.1 Å². The Labute approximate surface area is 95.2 Å². The third-order valence-corrected chi connectivity index (χ3v) is 2.08. The lowest BCUT2D eigenvalue weighted by molar-refractivity contribution is 0.0918. The maximum absolute atomic E-state index is 11.8. The molecule has 0 radical (unpaired) electrons. The lowest BCUT2D eigenvalue weighted by Crippen LogP contribution is -2.35. The zero-order valence-electron chi connectivity index (χ0n) is 9.56. The first kappa shape index (κ1) is 12.5. The maximum Gasteiger partial charge on any atom is 0.255 e. The Bertz CT molecular complexity index is 352. The first-order valence-corrected chi connectivity index (χ1v) is 5.32. The number of hydrogen-bond acceptors (Lipinski definition) is 3. The molecule has 0 aliphatic heterocycles. The number of para-hydroxylation sites is 1. The fourth-order valence-corrected chi connectivity index (χ4v) is 1.28. The molecule has 0 aliphatic carbocycles. The van der Waals surface area contributed by atoms with Crippen LogP contribution < -0.4 is 10.1 Å². The Morgan fingerprint density at radius 1 is 1.50 bits per heavy atom. The van der Waals surface area contributed by atoms with Crippen molar-refractivity contribution in [1.82, 2.24) is 5.32 Å². The van der Waals surface area contributed by atoms with Gasteiger partial charge in [-0.3, -0.25) is 4.79 Å². The highest BCUT2D eigenvalue weighted by Gasteiger charge is 2.13. The summed E-state index contributed by atoms with van der Waals surface area (Å²) in [7, 11) is 0. The van der Waals surface area contributed by atoms with Gasteiger partial charge in [0.1, 0.15) is 5.75 Å². The topological polar surface area (TPSA) is 58.6 Å². The fraction of sp³-hybridized carbons (Fsp3) is 0.417. The lowest BCUT2D eigenvalue weighted by atomic mass is 10.2. The number of aliphatic hydroxyl groups excluding tert-OH is 1. The van der Waals surface area contributed by atoms with Crippen LogP contribution in [0.15, 0.2) is 24.3 Å². The molecule has 1 amide bonds. The maximum atomic E-state index is 11.8. The summed E-state index contributed by atoms with van der Waals surface area (Å²) in [5.74, 6) is 0.332. The number of amides is 1. The quantitative estimate of drug-likeness (QED) is 0.788. The van der Waals surface area contributed by atoms with Crippen molar-refractivity contribution >= 4 is 5.91 Å². The summed E-state index contributed by atoms with van der Waals surface area (Å²) >= 11 is 0. The van der Waals surface area contributed by atoms with E-state index in [-0.39, 0.29) is 18.6 Å². The van der Waals surface area contributed by atoms with Crippen LogP contribution in [0.5, 0.6) is 5.75 Å². The van der Waals surface area contributed by atoms with Crippen molar-refractivity contribution < 1.29 is 14.6 Å². The van der Waals surface area contributed by atoms with E-state index in [0.29, 0.717) is 17.9 Å². The summed E-state index contributed by atoms with van der Waals surface area (Å²) < 4.78 is 5.35. The first-order valence-electron chi connectivity index (χ1n) is 5.32. The van der Waals surface area contributed by atoms with Crippen LogP contribution in [0.25, 0.3) is 0 Å². The van der Waals surface area contributed by atoms with E-state index in [1.54, 1.807) is 25.1 Å². The SMILES string of the molecule is CCOc1ccccc1C(=O)N[C@H](C)CO. The zero-order valence-corrected chi connectivity index (χ0v) is 9.56. The predicted molar refractivity (Wildman–Crippen MR) is 61.6 cm³/mol. The minimum absolute atomic E-state index is 0.0808. The molecule has 0 aromatic heterocycles. The van der Waals surface area contributed by atoms with E-state index in [1.807, 2.05) is 13.0 Å². The largest absolute Gasteiger partial charge is 0.493 e. The zero-order chi connectivity index (χ0) is 12.0. The smallest absolute Gasteiger partial charge is 0.255 e. The van der Waals surface area contributed by atoms with Gasteiger partial charge in [-0.05, 0) is 26.0 Å². The number of rotatable bonds is 5. The Hall–Kier alpha value is -1.55. The molecule has 16 heavy (non-hydrogen) atoms. The van der Waals surface area contributed by atoms with Crippen LogP contribution in [0, 0.1) is 0 Å². The second-order valence-corrected chi connectivity index (χ2v) is 3.49. The van der Waals surface area contributed by atoms with E-state index in [2.05, 4.69) is 5.32 Å². The molecule has 4 heteroatoms. The molecule has 0 fully saturated rings. The van der Waals surface area contributed by atoms with Crippen LogP contribution in [-0.2, 0) is 0 Å². The van der Waals surface area contributed by atoms with E-state index >= 15 is 0 Å². The van der Waals surface area contributed by atoms with Crippen LogP contribution in [-0.4, -0.2) is 30.3 Å². The van der Waals surface area contributed by atoms with Gasteiger partial charge < -0.3 is 15.2 Å². The Balaban J connectivity index is 2.81. The second-order valence-electron chi connectivity index (χ2n) is 3.49. The van der Waals surface area contributed by atoms with Crippen LogP contribution in [0.2, 0.25) is 0 Å². The number of carbonyl (C=O) groups is 1. The molecule has 4 nitrogen and oxygen atoms in total. The first-order chi connectivity index (χ1) is 7.69.